The predicted molar refractivity (Wildman–Crippen MR) is 470 cm³/mol. The zero-order chi connectivity index (χ0) is 110. The van der Waals surface area contributed by atoms with Crippen molar-refractivity contribution in [3.8, 4) is 24.7 Å². The Bertz CT molecular complexity index is 6550. The molecule has 8 aromatic heterocycles. The number of carbonyl (C=O) groups is 2. The zero-order valence-corrected chi connectivity index (χ0v) is 77.9. The van der Waals surface area contributed by atoms with E-state index in [0.717, 1.165) is 100 Å². The fraction of sp³-hybridized carbons (Fsp3) is 0.530. The summed E-state index contributed by atoms with van der Waals surface area (Å²) in [6, 6.07) is 0. The van der Waals surface area contributed by atoms with E-state index in [1.54, 1.807) is 12.8 Å². The Labute approximate surface area is 815 Å². The third-order valence-electron chi connectivity index (χ3n) is 24.5. The maximum atomic E-state index is 14.8. The number of hydrogen-bond acceptors (Lipinski definition) is 43. The number of halogens is 11. The third-order valence-corrected chi connectivity index (χ3v) is 24.5. The highest BCUT2D eigenvalue weighted by atomic mass is 19.2. The Morgan fingerprint density at radius 3 is 0.959 bits per heavy atom. The van der Waals surface area contributed by atoms with E-state index in [9.17, 15) is 128 Å². The van der Waals surface area contributed by atoms with Crippen molar-refractivity contribution in [2.24, 2.45) is 10.7 Å². The number of nitrogens with one attached hydrogen (secondary N) is 6. The topological polar surface area (TPSA) is 769 Å². The Kier molecular flexibility index (Phi) is 30.6. The number of terminal acetylenes is 2. The molecular formula is C83H98F11N23O30. The lowest BCUT2D eigenvalue weighted by atomic mass is 9.94. The molecule has 7 saturated heterocycles. The van der Waals surface area contributed by atoms with Crippen molar-refractivity contribution in [3.05, 3.63) is 164 Å². The molecular weight excluding hydrogens is 2010 g/mol. The van der Waals surface area contributed by atoms with E-state index < -0.39 is 247 Å². The minimum absolute atomic E-state index is 0.00971. The lowest BCUT2D eigenvalue weighted by Crippen LogP contribution is -2.54. The van der Waals surface area contributed by atoms with Crippen LogP contribution in [-0.2, 0) is 42.7 Å². The van der Waals surface area contributed by atoms with Gasteiger partial charge in [0.1, 0.15) is 116 Å². The number of aryl methyl sites for hydroxylation is 4. The summed E-state index contributed by atoms with van der Waals surface area (Å²) in [5.41, 5.74) is -13.8. The van der Waals surface area contributed by atoms with Crippen molar-refractivity contribution in [1.29, 1.82) is 0 Å². The van der Waals surface area contributed by atoms with Gasteiger partial charge in [-0.3, -0.25) is 47.0 Å². The van der Waals surface area contributed by atoms with E-state index in [2.05, 4.69) is 95.2 Å². The first-order valence-corrected chi connectivity index (χ1v) is 42.7. The molecule has 8 aromatic rings. The number of carbonyl (C=O) groups excluding carboxylic acids is 2. The van der Waals surface area contributed by atoms with Gasteiger partial charge in [-0.15, -0.1) is 12.8 Å². The number of aliphatic imine (C=N–C) groups is 1. The second-order valence-electron chi connectivity index (χ2n) is 35.4. The number of aliphatic hydroxyl groups is 17. The van der Waals surface area contributed by atoms with Gasteiger partial charge in [0.25, 0.3) is 75.0 Å². The number of nitrogens with zero attached hydrogens (tertiary/aromatic N) is 16. The molecule has 0 aromatic carbocycles. The maximum absolute atomic E-state index is 14.8. The fourth-order valence-electron chi connectivity index (χ4n) is 16.5. The summed E-state index contributed by atoms with van der Waals surface area (Å²) in [4.78, 5) is 118. The molecule has 18 heterocycles. The van der Waals surface area contributed by atoms with Gasteiger partial charge in [-0.2, -0.15) is 0 Å². The van der Waals surface area contributed by atoms with Crippen LogP contribution < -0.4 is 38.6 Å². The molecule has 64 heteroatoms. The maximum Gasteiger partial charge on any atom is 0.279 e. The number of alkyl halides is 11. The number of aliphatic hydroxyl groups excluding tert-OH is 13. The van der Waals surface area contributed by atoms with Crippen LogP contribution in [0.5, 0.6) is 0 Å². The van der Waals surface area contributed by atoms with Gasteiger partial charge in [0.05, 0.1) is 25.3 Å². The van der Waals surface area contributed by atoms with E-state index in [4.69, 9.17) is 87.5 Å². The van der Waals surface area contributed by atoms with Crippen molar-refractivity contribution >= 4 is 62.3 Å². The molecule has 7 fully saturated rings. The lowest BCUT2D eigenvalue weighted by molar-refractivity contribution is -0.210. The molecule has 0 unspecified atom stereocenters. The molecule has 53 nitrogen and oxygen atoms in total. The zero-order valence-electron chi connectivity index (χ0n) is 77.9. The van der Waals surface area contributed by atoms with Crippen LogP contribution in [0.1, 0.15) is 82.8 Å². The molecule has 0 spiro atoms. The second kappa shape index (κ2) is 39.9. The summed E-state index contributed by atoms with van der Waals surface area (Å²) in [6.45, 7) is 13.4. The fourth-order valence-corrected chi connectivity index (χ4v) is 16.5. The standard InChI is InChI=1S/C13H12F2N4O4.C13H13FN4O5.C12H14F2N4O4.C12H15FN4O5.C11H15F2N3O3.C11H14F2N2O4.C11H15FN2O5/c1-3-12(22)10(14)13(15,4-20)23-11(12)19-5-16-7-8(19)17-6(2)18-9(7)21;1-3-12(22)10(21)13(14,4-19)23-11(12)18-5-15-7-8(18)16-6(2)17-9(7)20;1-5-16-7-6(8(20)17-5)15-4-18(7)10-11(2,13)9(21)12(14,3-19)22-10;1-5-15-7-6(8(19)16-5)14-4-17(7)10-11(2,21)9(20)12(13,3-18)22-10;1-6-15-7(14)3-4-16(6)9-10(2,12)8(18)11(13,5-17)19-9;1-6-14-7(17)3-4-15(6)9-10(2,12)8(18)11(13,5-16)19-9;1-6-13-7(16)3-4-14(6)9-10(2,18)8(17)11(12,5-15)19-9/h1,5,10-11,20,22H,4H2,2H3,(H,17,18,21);1,5,10-11,19,21-22H,4H2,2H3,(H,16,17,20);4,9-10,19,21H,3H2,1-2H3,(H,16,17,20);4,9-10,18,20-21H,3H2,1-2H3,(H,15,16,19);3-4,8-9,17-18H,1,5H2,2H3,(H2,14,15);3-4,8-9,16,18H,1,5H2,2H3,(H,14,17);3-4,8-9,15,17-18H,1,5H2,2H3,(H,13,16)/t2*10-,11+,12+,13+;2*9-,10+,11+,12+;3*8-,9+,10+,11+/m0000000/s1. The second-order valence-corrected chi connectivity index (χ2v) is 35.4. The molecule has 0 bridgehead atoms. The van der Waals surface area contributed by atoms with Crippen molar-refractivity contribution in [2.45, 2.75) is 229 Å². The van der Waals surface area contributed by atoms with E-state index in [1.165, 1.54) is 50.3 Å². The minimum atomic E-state index is -3.20. The molecule has 18 rings (SSSR count). The number of aromatic amines is 4. The van der Waals surface area contributed by atoms with Crippen LogP contribution in [0, 0.1) is 52.4 Å². The predicted octanol–water partition coefficient (Wildman–Crippen LogP) is -6.13. The largest absolute Gasteiger partial charge is 0.390 e. The minimum Gasteiger partial charge on any atom is -0.390 e. The molecule has 10 aliphatic heterocycles. The van der Waals surface area contributed by atoms with Crippen LogP contribution in [0.2, 0.25) is 0 Å². The highest BCUT2D eigenvalue weighted by Gasteiger charge is 2.72. The first-order valence-electron chi connectivity index (χ1n) is 42.7. The number of hydrogen-bond donors (Lipinski definition) is 24. The van der Waals surface area contributed by atoms with Crippen LogP contribution >= 0.6 is 0 Å². The number of aromatic nitrogens is 16. The Morgan fingerprint density at radius 1 is 0.381 bits per heavy atom. The Balaban J connectivity index is 0.000000153. The lowest BCUT2D eigenvalue weighted by Gasteiger charge is -2.36. The van der Waals surface area contributed by atoms with Gasteiger partial charge in [-0.1, -0.05) is 31.6 Å². The van der Waals surface area contributed by atoms with Crippen molar-refractivity contribution in [2.75, 3.05) is 46.2 Å². The van der Waals surface area contributed by atoms with Crippen LogP contribution in [0.3, 0.4) is 0 Å². The summed E-state index contributed by atoms with van der Waals surface area (Å²) in [7, 11) is 0. The van der Waals surface area contributed by atoms with Crippen molar-refractivity contribution in [3.63, 3.8) is 0 Å². The first-order chi connectivity index (χ1) is 68.1. The number of amidine groups is 1. The van der Waals surface area contributed by atoms with Gasteiger partial charge in [-0.05, 0) is 68.4 Å². The molecule has 2 amide bonds. The number of imidazole rings is 4. The first kappa shape index (κ1) is 113. The van der Waals surface area contributed by atoms with E-state index in [0.29, 0.717) is 5.82 Å². The number of rotatable bonds is 14. The van der Waals surface area contributed by atoms with Crippen LogP contribution in [-0.4, -0.2) is 385 Å². The smallest absolute Gasteiger partial charge is 0.279 e. The van der Waals surface area contributed by atoms with Crippen molar-refractivity contribution in [1.82, 2.24) is 103 Å². The Morgan fingerprint density at radius 2 is 0.639 bits per heavy atom. The number of ether oxygens (including phenoxy) is 7. The van der Waals surface area contributed by atoms with Gasteiger partial charge in [0.2, 0.25) is 17.4 Å². The summed E-state index contributed by atoms with van der Waals surface area (Å²) >= 11 is 0. The molecule has 147 heavy (non-hydrogen) atoms. The van der Waals surface area contributed by atoms with Gasteiger partial charge in [0, 0.05) is 30.8 Å². The summed E-state index contributed by atoms with van der Waals surface area (Å²) in [5, 5.41) is 168. The molecule has 28 atom stereocenters. The molecule has 0 aliphatic carbocycles. The highest BCUT2D eigenvalue weighted by Crippen LogP contribution is 2.53. The number of H-pyrrole nitrogens is 4. The SMILES string of the molecule is C#C[C@]1(O)[C@H](n2cnc3c(=O)[nH]c(C)nc32)O[C@](F)(CO)[C@H]1F.C#C[C@]1(O)[C@H](n2cnc3c(=O)[nH]c(C)nc32)O[C@](F)(CO)[C@H]1O.C=C1N=C(N)C=CN1[C@@H]1O[C@](F)(CO)[C@@H](O)[C@@]1(C)F.C=C1NC(=O)C=CN1[C@@H]1O[C@](F)(CO)[C@@H](O)[C@@]1(C)F.C=C1NC(=O)C=CN1[C@@H]1O[C@](F)(CO)[C@@H](O)[C@@]1(C)O.Cc1nc2c(ncn2[C@@H]2O[C@](F)(CO)[C@@H](O)[C@@]2(C)F)c(=O)[nH]1.Cc1nc2c(ncn2[C@@H]2O[C@](F)(CO)[C@@H](O)[C@@]2(C)O)c(=O)[nH]1. The van der Waals surface area contributed by atoms with E-state index in [-0.39, 0.29) is 85.4 Å². The van der Waals surface area contributed by atoms with Gasteiger partial charge < -0.3 is 171 Å². The van der Waals surface area contributed by atoms with Crippen LogP contribution in [0.15, 0.2) is 124 Å². The highest BCUT2D eigenvalue weighted by molar-refractivity contribution is 5.93. The molecule has 802 valence electrons. The van der Waals surface area contributed by atoms with E-state index >= 15 is 0 Å². The van der Waals surface area contributed by atoms with Gasteiger partial charge in [0.15, 0.2) is 130 Å². The quantitative estimate of drug-likeness (QED) is 0.0356. The summed E-state index contributed by atoms with van der Waals surface area (Å²) < 4.78 is 196. The molecule has 0 radical (unpaired) electrons. The monoisotopic (exact) mass is 2110 g/mol. The van der Waals surface area contributed by atoms with Gasteiger partial charge in [-0.25, -0.2) is 93.2 Å². The normalized spacial score (nSPS) is 37.7. The summed E-state index contributed by atoms with van der Waals surface area (Å²) in [6.07, 6.45) is -4.27. The molecule has 25 N–H and O–H groups in total. The molecule has 0 saturated carbocycles. The van der Waals surface area contributed by atoms with Gasteiger partial charge >= 0.3 is 0 Å². The Hall–Kier alpha value is -13.0. The summed E-state index contributed by atoms with van der Waals surface area (Å²) in [5.74, 6) is -16.5. The number of fused-ring (bicyclic) bond motifs is 4. The van der Waals surface area contributed by atoms with E-state index in [1.807, 2.05) is 5.92 Å². The number of nitrogens with two attached hydrogens (primary N) is 1. The number of amides is 2. The average Bonchev–Trinajstić information content (AvgIpc) is 1.30. The van der Waals surface area contributed by atoms with Crippen LogP contribution in [0.25, 0.3) is 44.7 Å². The van der Waals surface area contributed by atoms with Crippen molar-refractivity contribution < 1.29 is 178 Å². The average molecular weight is 2110 g/mol. The molecule has 10 aliphatic rings. The third kappa shape index (κ3) is 19.5. The van der Waals surface area contributed by atoms with Crippen LogP contribution in [0.4, 0.5) is 48.3 Å².